The van der Waals surface area contributed by atoms with Gasteiger partial charge in [-0.3, -0.25) is 4.79 Å². The third-order valence-corrected chi connectivity index (χ3v) is 5.54. The van der Waals surface area contributed by atoms with Crippen molar-refractivity contribution in [3.63, 3.8) is 0 Å². The summed E-state index contributed by atoms with van der Waals surface area (Å²) >= 11 is 0. The van der Waals surface area contributed by atoms with E-state index in [0.29, 0.717) is 25.3 Å². The first-order valence-corrected chi connectivity index (χ1v) is 9.71. The van der Waals surface area contributed by atoms with Crippen LogP contribution in [0.25, 0.3) is 0 Å². The monoisotopic (exact) mass is 344 g/mol. The predicted molar refractivity (Wildman–Crippen MR) is 100 cm³/mol. The minimum atomic E-state index is -0.495. The minimum Gasteiger partial charge on any atom is -0.376 e. The normalized spacial score (nSPS) is 24.6. The maximum Gasteiger partial charge on any atom is 0.228 e. The van der Waals surface area contributed by atoms with Crippen molar-refractivity contribution in [2.24, 2.45) is 5.41 Å². The van der Waals surface area contributed by atoms with Crippen LogP contribution >= 0.6 is 0 Å². The molecule has 0 unspecified atom stereocenters. The van der Waals surface area contributed by atoms with Crippen LogP contribution in [-0.4, -0.2) is 42.6 Å². The molecular weight excluding hydrogens is 312 g/mol. The summed E-state index contributed by atoms with van der Waals surface area (Å²) < 4.78 is 5.79. The molecule has 1 N–H and O–H groups in total. The molecule has 1 aliphatic heterocycles. The number of nitrogens with one attached hydrogen (secondary N) is 1. The van der Waals surface area contributed by atoms with E-state index in [1.54, 1.807) is 0 Å². The number of piperidine rings is 1. The number of nitrogens with zero attached hydrogens (tertiary/aromatic N) is 1. The lowest BCUT2D eigenvalue weighted by atomic mass is 9.83. The SMILES string of the molecule is CC(C)(COCc1ccccc1)C(=O)NC1CC(N2CCCCC2)C1. The van der Waals surface area contributed by atoms with Gasteiger partial charge in [0.15, 0.2) is 0 Å². The van der Waals surface area contributed by atoms with E-state index in [1.165, 1.54) is 32.4 Å². The zero-order valence-electron chi connectivity index (χ0n) is 15.7. The lowest BCUT2D eigenvalue weighted by Crippen LogP contribution is -2.57. The zero-order valence-corrected chi connectivity index (χ0v) is 15.7. The molecule has 1 amide bonds. The second kappa shape index (κ2) is 8.33. The molecule has 1 aliphatic carbocycles. The van der Waals surface area contributed by atoms with E-state index in [0.717, 1.165) is 18.4 Å². The molecule has 0 spiro atoms. The Morgan fingerprint density at radius 2 is 1.84 bits per heavy atom. The maximum absolute atomic E-state index is 12.6. The van der Waals surface area contributed by atoms with Crippen molar-refractivity contribution >= 4 is 5.91 Å². The van der Waals surface area contributed by atoms with E-state index in [9.17, 15) is 4.79 Å². The Balaban J connectivity index is 1.37. The topological polar surface area (TPSA) is 41.6 Å². The van der Waals surface area contributed by atoms with Crippen LogP contribution in [0.1, 0.15) is 51.5 Å². The summed E-state index contributed by atoms with van der Waals surface area (Å²) in [5.41, 5.74) is 0.646. The zero-order chi connectivity index (χ0) is 17.7. The Morgan fingerprint density at radius 3 is 2.52 bits per heavy atom. The first-order chi connectivity index (χ1) is 12.0. The quantitative estimate of drug-likeness (QED) is 0.825. The van der Waals surface area contributed by atoms with Gasteiger partial charge in [0, 0.05) is 12.1 Å². The Kier molecular flexibility index (Phi) is 6.13. The molecule has 1 saturated carbocycles. The third-order valence-electron chi connectivity index (χ3n) is 5.54. The van der Waals surface area contributed by atoms with Crippen molar-refractivity contribution < 1.29 is 9.53 Å². The molecule has 1 saturated heterocycles. The molecular formula is C21H32N2O2. The lowest BCUT2D eigenvalue weighted by molar-refractivity contribution is -0.134. The smallest absolute Gasteiger partial charge is 0.228 e. The van der Waals surface area contributed by atoms with Gasteiger partial charge in [0.05, 0.1) is 18.6 Å². The van der Waals surface area contributed by atoms with Gasteiger partial charge in [-0.1, -0.05) is 36.8 Å². The highest BCUT2D eigenvalue weighted by atomic mass is 16.5. The summed E-state index contributed by atoms with van der Waals surface area (Å²) in [7, 11) is 0. The van der Waals surface area contributed by atoms with Gasteiger partial charge in [0.2, 0.25) is 5.91 Å². The van der Waals surface area contributed by atoms with Crippen LogP contribution in [0.5, 0.6) is 0 Å². The summed E-state index contributed by atoms with van der Waals surface area (Å²) in [6, 6.07) is 11.1. The van der Waals surface area contributed by atoms with Crippen molar-refractivity contribution in [1.29, 1.82) is 0 Å². The van der Waals surface area contributed by atoms with E-state index in [4.69, 9.17) is 4.74 Å². The summed E-state index contributed by atoms with van der Waals surface area (Å²) in [5.74, 6) is 0.114. The van der Waals surface area contributed by atoms with Crippen molar-refractivity contribution in [2.45, 2.75) is 64.6 Å². The molecule has 2 fully saturated rings. The molecule has 3 rings (SSSR count). The van der Waals surface area contributed by atoms with Gasteiger partial charge in [-0.25, -0.2) is 0 Å². The molecule has 4 nitrogen and oxygen atoms in total. The second-order valence-corrected chi connectivity index (χ2v) is 8.25. The van der Waals surface area contributed by atoms with E-state index >= 15 is 0 Å². The number of amides is 1. The predicted octanol–water partition coefficient (Wildman–Crippen LogP) is 3.36. The maximum atomic E-state index is 12.6. The van der Waals surface area contributed by atoms with Gasteiger partial charge in [-0.2, -0.15) is 0 Å². The average molecular weight is 344 g/mol. The summed E-state index contributed by atoms with van der Waals surface area (Å²) in [6.07, 6.45) is 6.25. The molecule has 1 aromatic carbocycles. The molecule has 1 heterocycles. The van der Waals surface area contributed by atoms with E-state index < -0.39 is 5.41 Å². The minimum absolute atomic E-state index is 0.114. The Morgan fingerprint density at radius 1 is 1.16 bits per heavy atom. The number of hydrogen-bond donors (Lipinski definition) is 1. The fourth-order valence-corrected chi connectivity index (χ4v) is 3.73. The van der Waals surface area contributed by atoms with Gasteiger partial charge in [0.1, 0.15) is 0 Å². The Hall–Kier alpha value is -1.39. The molecule has 0 radical (unpaired) electrons. The number of carbonyl (C=O) groups excluding carboxylic acids is 1. The van der Waals surface area contributed by atoms with Gasteiger partial charge in [0.25, 0.3) is 0 Å². The third kappa shape index (κ3) is 5.05. The summed E-state index contributed by atoms with van der Waals surface area (Å²) in [5, 5.41) is 3.23. The van der Waals surface area contributed by atoms with Crippen LogP contribution in [0.3, 0.4) is 0 Å². The number of benzene rings is 1. The molecule has 138 valence electrons. The van der Waals surface area contributed by atoms with E-state index in [2.05, 4.69) is 10.2 Å². The van der Waals surface area contributed by atoms with Crippen LogP contribution in [0.4, 0.5) is 0 Å². The first kappa shape index (κ1) is 18.4. The number of carbonyl (C=O) groups is 1. The highest BCUT2D eigenvalue weighted by Gasteiger charge is 2.37. The van der Waals surface area contributed by atoms with Crippen LogP contribution in [0, 0.1) is 5.41 Å². The van der Waals surface area contributed by atoms with Crippen LogP contribution < -0.4 is 5.32 Å². The number of likely N-dealkylation sites (tertiary alicyclic amines) is 1. The standard InChI is InChI=1S/C21H32N2O2/c1-21(2,16-25-15-17-9-5-3-6-10-17)20(24)22-18-13-19(14-18)23-11-7-4-8-12-23/h3,5-6,9-10,18-19H,4,7-8,11-16H2,1-2H3,(H,22,24). The summed E-state index contributed by atoms with van der Waals surface area (Å²) in [6.45, 7) is 7.41. The first-order valence-electron chi connectivity index (χ1n) is 9.71. The molecule has 25 heavy (non-hydrogen) atoms. The molecule has 2 aliphatic rings. The van der Waals surface area contributed by atoms with Crippen LogP contribution in [-0.2, 0) is 16.1 Å². The van der Waals surface area contributed by atoms with Crippen molar-refractivity contribution in [2.75, 3.05) is 19.7 Å². The Labute approximate surface area is 151 Å². The van der Waals surface area contributed by atoms with Gasteiger partial charge in [-0.15, -0.1) is 0 Å². The Bertz CT molecular complexity index is 546. The average Bonchev–Trinajstić information content (AvgIpc) is 2.59. The molecule has 1 aromatic rings. The van der Waals surface area contributed by atoms with Gasteiger partial charge < -0.3 is 15.0 Å². The largest absolute Gasteiger partial charge is 0.376 e. The fraction of sp³-hybridized carbons (Fsp3) is 0.667. The number of hydrogen-bond acceptors (Lipinski definition) is 3. The van der Waals surface area contributed by atoms with Crippen molar-refractivity contribution in [3.8, 4) is 0 Å². The molecule has 0 aromatic heterocycles. The van der Waals surface area contributed by atoms with Crippen LogP contribution in [0.2, 0.25) is 0 Å². The second-order valence-electron chi connectivity index (χ2n) is 8.25. The van der Waals surface area contributed by atoms with Crippen molar-refractivity contribution in [1.82, 2.24) is 10.2 Å². The van der Waals surface area contributed by atoms with E-state index in [-0.39, 0.29) is 5.91 Å². The molecule has 0 atom stereocenters. The van der Waals surface area contributed by atoms with Crippen LogP contribution in [0.15, 0.2) is 30.3 Å². The summed E-state index contributed by atoms with van der Waals surface area (Å²) in [4.78, 5) is 15.2. The van der Waals surface area contributed by atoms with E-state index in [1.807, 2.05) is 44.2 Å². The highest BCUT2D eigenvalue weighted by Crippen LogP contribution is 2.29. The lowest BCUT2D eigenvalue weighted by Gasteiger charge is -2.45. The highest BCUT2D eigenvalue weighted by molar-refractivity contribution is 5.82. The molecule has 4 heteroatoms. The fourth-order valence-electron chi connectivity index (χ4n) is 3.73. The van der Waals surface area contributed by atoms with Crippen molar-refractivity contribution in [3.05, 3.63) is 35.9 Å². The van der Waals surface area contributed by atoms with Gasteiger partial charge in [-0.05, 0) is 58.2 Å². The number of rotatable bonds is 7. The van der Waals surface area contributed by atoms with Gasteiger partial charge >= 0.3 is 0 Å². The number of ether oxygens (including phenoxy) is 1. The molecule has 0 bridgehead atoms.